The molecule has 3 aromatic heterocycles. The minimum atomic E-state index is -4.47. The van der Waals surface area contributed by atoms with Crippen molar-refractivity contribution in [2.24, 2.45) is 7.05 Å². The summed E-state index contributed by atoms with van der Waals surface area (Å²) in [5, 5.41) is 17.9. The van der Waals surface area contributed by atoms with Crippen LogP contribution in [0.15, 0.2) is 41.6 Å². The topological polar surface area (TPSA) is 111 Å². The number of nitrogens with one attached hydrogen (secondary N) is 2. The van der Waals surface area contributed by atoms with E-state index in [1.807, 2.05) is 0 Å². The Morgan fingerprint density at radius 3 is 2.77 bits per heavy atom. The highest BCUT2D eigenvalue weighted by Crippen LogP contribution is 2.35. The number of aryl methyl sites for hydroxylation is 1. The van der Waals surface area contributed by atoms with E-state index in [-0.39, 0.29) is 29.2 Å². The van der Waals surface area contributed by atoms with Crippen molar-refractivity contribution in [3.05, 3.63) is 48.6 Å². The zero-order chi connectivity index (χ0) is 21.5. The van der Waals surface area contributed by atoms with Crippen LogP contribution in [-0.4, -0.2) is 37.4 Å². The molecule has 0 aromatic carbocycles. The molecule has 156 valence electrons. The van der Waals surface area contributed by atoms with E-state index in [0.717, 1.165) is 12.3 Å². The lowest BCUT2D eigenvalue weighted by Crippen LogP contribution is -2.33. The van der Waals surface area contributed by atoms with Gasteiger partial charge >= 0.3 is 6.18 Å². The third-order valence-electron chi connectivity index (χ3n) is 4.75. The fourth-order valence-electron chi connectivity index (χ4n) is 3.14. The minimum Gasteiger partial charge on any atom is -0.418 e. The largest absolute Gasteiger partial charge is 0.418 e. The normalized spacial score (nSPS) is 19.0. The lowest BCUT2D eigenvalue weighted by atomic mass is 9.86. The predicted octanol–water partition coefficient (Wildman–Crippen LogP) is 2.57. The van der Waals surface area contributed by atoms with Crippen LogP contribution in [0.25, 0.3) is 11.6 Å². The van der Waals surface area contributed by atoms with Gasteiger partial charge in [0.25, 0.3) is 5.89 Å². The van der Waals surface area contributed by atoms with E-state index >= 15 is 0 Å². The molecule has 0 spiro atoms. The molecular weight excluding hydrogens is 403 g/mol. The number of rotatable bonds is 5. The summed E-state index contributed by atoms with van der Waals surface area (Å²) in [6.45, 7) is 4.17. The second-order valence-corrected chi connectivity index (χ2v) is 6.71. The van der Waals surface area contributed by atoms with Crippen LogP contribution >= 0.6 is 0 Å². The summed E-state index contributed by atoms with van der Waals surface area (Å²) in [4.78, 5) is 16.0. The fourth-order valence-corrected chi connectivity index (χ4v) is 3.14. The number of hydrogen-bond acceptors (Lipinski definition) is 7. The summed E-state index contributed by atoms with van der Waals surface area (Å²) in [5.41, 5.74) is -1.31. The molecule has 3 aromatic rings. The fraction of sp³-hybridized carbons (Fsp3) is 0.278. The molecule has 0 saturated carbocycles. The van der Waals surface area contributed by atoms with Crippen molar-refractivity contribution in [1.29, 1.82) is 0 Å². The van der Waals surface area contributed by atoms with Gasteiger partial charge in [-0.15, -0.1) is 16.8 Å². The van der Waals surface area contributed by atoms with Crippen molar-refractivity contribution < 1.29 is 22.4 Å². The average molecular weight is 419 g/mol. The minimum absolute atomic E-state index is 0.0425. The molecule has 1 aliphatic heterocycles. The third kappa shape index (κ3) is 3.29. The average Bonchev–Trinajstić information content (AvgIpc) is 3.40. The number of amides is 1. The predicted molar refractivity (Wildman–Crippen MR) is 98.5 cm³/mol. The molecule has 1 atom stereocenters. The van der Waals surface area contributed by atoms with E-state index in [0.29, 0.717) is 18.7 Å². The first-order valence-corrected chi connectivity index (χ1v) is 8.83. The Hall–Kier alpha value is -3.70. The molecule has 4 heterocycles. The van der Waals surface area contributed by atoms with Crippen molar-refractivity contribution >= 4 is 17.4 Å². The highest BCUT2D eigenvalue weighted by Gasteiger charge is 2.46. The van der Waals surface area contributed by atoms with Crippen LogP contribution in [0.3, 0.4) is 0 Å². The maximum absolute atomic E-state index is 12.7. The van der Waals surface area contributed by atoms with Crippen LogP contribution in [0.5, 0.6) is 0 Å². The summed E-state index contributed by atoms with van der Waals surface area (Å²) in [5.74, 6) is 0.0310. The molecule has 4 rings (SSSR count). The van der Waals surface area contributed by atoms with Crippen molar-refractivity contribution in [2.75, 3.05) is 11.9 Å². The molecule has 0 aliphatic carbocycles. The number of pyridine rings is 1. The molecule has 0 radical (unpaired) electrons. The Morgan fingerprint density at radius 1 is 1.37 bits per heavy atom. The Morgan fingerprint density at radius 2 is 2.17 bits per heavy atom. The molecule has 1 aliphatic rings. The summed E-state index contributed by atoms with van der Waals surface area (Å²) >= 11 is 0. The van der Waals surface area contributed by atoms with Crippen molar-refractivity contribution in [3.63, 3.8) is 0 Å². The number of carbonyl (C=O) groups excluding carboxylic acids is 1. The molecule has 30 heavy (non-hydrogen) atoms. The van der Waals surface area contributed by atoms with Gasteiger partial charge in [-0.2, -0.15) is 18.3 Å². The Bertz CT molecular complexity index is 1100. The second-order valence-electron chi connectivity index (χ2n) is 6.71. The molecule has 12 heteroatoms. The standard InChI is InChI=1S/C18H16F3N7O2/c1-3-17(6-7-22-15(17)29)16-26-25-14(30-16)13-11(9-28(2)27-13)24-12-5-4-10(8-23-12)18(19,20)21/h3-5,8-9H,1,6-7H2,2H3,(H,22,29)(H,23,24)/t17-/m1/s1. The van der Waals surface area contributed by atoms with Crippen LogP contribution in [-0.2, 0) is 23.4 Å². The van der Waals surface area contributed by atoms with Crippen LogP contribution < -0.4 is 10.6 Å². The number of alkyl halides is 3. The van der Waals surface area contributed by atoms with E-state index in [9.17, 15) is 18.0 Å². The molecule has 1 amide bonds. The number of hydrogen-bond donors (Lipinski definition) is 2. The lowest BCUT2D eigenvalue weighted by molar-refractivity contribution is -0.137. The van der Waals surface area contributed by atoms with Gasteiger partial charge in [0, 0.05) is 26.0 Å². The van der Waals surface area contributed by atoms with E-state index in [2.05, 4.69) is 37.5 Å². The first kappa shape index (κ1) is 19.6. The van der Waals surface area contributed by atoms with Gasteiger partial charge in [-0.05, 0) is 18.6 Å². The number of anilines is 2. The maximum atomic E-state index is 12.7. The number of aromatic nitrogens is 5. The molecule has 0 bridgehead atoms. The summed E-state index contributed by atoms with van der Waals surface area (Å²) < 4.78 is 45.4. The van der Waals surface area contributed by atoms with Crippen LogP contribution in [0, 0.1) is 0 Å². The molecule has 9 nitrogen and oxygen atoms in total. The van der Waals surface area contributed by atoms with Crippen LogP contribution in [0.4, 0.5) is 24.7 Å². The Balaban J connectivity index is 1.64. The highest BCUT2D eigenvalue weighted by atomic mass is 19.4. The first-order valence-electron chi connectivity index (χ1n) is 8.83. The zero-order valence-corrected chi connectivity index (χ0v) is 15.7. The Kier molecular flexibility index (Phi) is 4.56. The van der Waals surface area contributed by atoms with E-state index in [1.165, 1.54) is 16.8 Å². The lowest BCUT2D eigenvalue weighted by Gasteiger charge is -2.15. The smallest absolute Gasteiger partial charge is 0.417 e. The van der Waals surface area contributed by atoms with Gasteiger partial charge in [-0.1, -0.05) is 6.08 Å². The van der Waals surface area contributed by atoms with Crippen molar-refractivity contribution in [2.45, 2.75) is 18.0 Å². The van der Waals surface area contributed by atoms with Gasteiger partial charge in [0.2, 0.25) is 11.8 Å². The van der Waals surface area contributed by atoms with Gasteiger partial charge < -0.3 is 15.1 Å². The van der Waals surface area contributed by atoms with E-state index in [4.69, 9.17) is 4.42 Å². The van der Waals surface area contributed by atoms with Crippen LogP contribution in [0.2, 0.25) is 0 Å². The highest BCUT2D eigenvalue weighted by molar-refractivity contribution is 5.91. The number of nitrogens with zero attached hydrogens (tertiary/aromatic N) is 5. The van der Waals surface area contributed by atoms with Crippen molar-refractivity contribution in [3.8, 4) is 11.6 Å². The van der Waals surface area contributed by atoms with Gasteiger partial charge in [0.05, 0.1) is 11.3 Å². The van der Waals surface area contributed by atoms with E-state index in [1.54, 1.807) is 13.2 Å². The third-order valence-corrected chi connectivity index (χ3v) is 4.75. The van der Waals surface area contributed by atoms with Crippen molar-refractivity contribution in [1.82, 2.24) is 30.3 Å². The quantitative estimate of drug-likeness (QED) is 0.612. The van der Waals surface area contributed by atoms with Gasteiger partial charge in [0.1, 0.15) is 11.2 Å². The molecule has 1 saturated heterocycles. The van der Waals surface area contributed by atoms with Crippen LogP contribution in [0.1, 0.15) is 17.9 Å². The molecular formula is C18H16F3N7O2. The van der Waals surface area contributed by atoms with Gasteiger partial charge in [-0.25, -0.2) is 4.98 Å². The Labute approximate surface area is 168 Å². The van der Waals surface area contributed by atoms with E-state index < -0.39 is 17.2 Å². The van der Waals surface area contributed by atoms with Gasteiger partial charge in [-0.3, -0.25) is 9.48 Å². The summed E-state index contributed by atoms with van der Waals surface area (Å²) in [6, 6.07) is 2.12. The monoisotopic (exact) mass is 419 g/mol. The first-order chi connectivity index (χ1) is 14.2. The molecule has 0 unspecified atom stereocenters. The number of carbonyl (C=O) groups is 1. The summed E-state index contributed by atoms with van der Waals surface area (Å²) in [7, 11) is 1.65. The van der Waals surface area contributed by atoms with Gasteiger partial charge in [0.15, 0.2) is 5.69 Å². The molecule has 2 N–H and O–H groups in total. The summed E-state index contributed by atoms with van der Waals surface area (Å²) in [6.07, 6.45) is -0.255. The number of halogens is 3. The molecule has 1 fully saturated rings. The zero-order valence-electron chi connectivity index (χ0n) is 15.7. The maximum Gasteiger partial charge on any atom is 0.417 e. The second kappa shape index (κ2) is 6.97. The SMILES string of the molecule is C=C[C@@]1(c2nnc(-c3nn(C)cc3Nc3ccc(C(F)(F)F)cn3)o2)CCNC1=O.